The zero-order valence-corrected chi connectivity index (χ0v) is 16.5. The van der Waals surface area contributed by atoms with Gasteiger partial charge in [0.15, 0.2) is 0 Å². The third kappa shape index (κ3) is 6.54. The molecule has 1 aromatic carbocycles. The zero-order chi connectivity index (χ0) is 19.8. The maximum Gasteiger partial charge on any atom is 0.243 e. The van der Waals surface area contributed by atoms with Crippen molar-refractivity contribution < 1.29 is 19.4 Å². The molecule has 0 fully saturated rings. The third-order valence-corrected chi connectivity index (χ3v) is 4.94. The highest BCUT2D eigenvalue weighted by molar-refractivity contribution is 5.88. The van der Waals surface area contributed by atoms with E-state index in [4.69, 9.17) is 4.74 Å². The smallest absolute Gasteiger partial charge is 0.243 e. The summed E-state index contributed by atoms with van der Waals surface area (Å²) in [6, 6.07) is 6.88. The fourth-order valence-electron chi connectivity index (χ4n) is 3.18. The molecule has 2 bridgehead atoms. The predicted octanol–water partition coefficient (Wildman–Crippen LogP) is 2.05. The van der Waals surface area contributed by atoms with Crippen LogP contribution in [0.5, 0.6) is 5.75 Å². The Morgan fingerprint density at radius 2 is 1.81 bits per heavy atom. The number of hydrogen-bond donors (Lipinski definition) is 3. The van der Waals surface area contributed by atoms with Crippen LogP contribution in [-0.2, 0) is 16.0 Å². The Morgan fingerprint density at radius 3 is 2.44 bits per heavy atom. The van der Waals surface area contributed by atoms with Gasteiger partial charge in [-0.15, -0.1) is 0 Å². The zero-order valence-electron chi connectivity index (χ0n) is 16.5. The molecule has 0 spiro atoms. The molecule has 0 aromatic heterocycles. The summed E-state index contributed by atoms with van der Waals surface area (Å²) >= 11 is 0. The molecule has 6 nitrogen and oxygen atoms in total. The summed E-state index contributed by atoms with van der Waals surface area (Å²) < 4.78 is 5.74. The molecule has 27 heavy (non-hydrogen) atoms. The predicted molar refractivity (Wildman–Crippen MR) is 104 cm³/mol. The van der Waals surface area contributed by atoms with Gasteiger partial charge in [-0.2, -0.15) is 0 Å². The maximum absolute atomic E-state index is 12.7. The summed E-state index contributed by atoms with van der Waals surface area (Å²) in [6.07, 6.45) is 2.94. The van der Waals surface area contributed by atoms with Crippen LogP contribution in [0.3, 0.4) is 0 Å². The van der Waals surface area contributed by atoms with Crippen LogP contribution in [0.1, 0.15) is 45.6 Å². The van der Waals surface area contributed by atoms with Crippen LogP contribution in [0.2, 0.25) is 0 Å². The second-order valence-corrected chi connectivity index (χ2v) is 7.71. The molecular formula is C21H32N2O4. The van der Waals surface area contributed by atoms with Crippen molar-refractivity contribution in [2.45, 2.75) is 58.5 Å². The number of benzene rings is 1. The van der Waals surface area contributed by atoms with Gasteiger partial charge in [-0.05, 0) is 49.3 Å². The first-order chi connectivity index (χ1) is 12.9. The van der Waals surface area contributed by atoms with E-state index < -0.39 is 6.04 Å². The number of nitrogens with one attached hydrogen (secondary N) is 2. The van der Waals surface area contributed by atoms with Crippen LogP contribution in [0, 0.1) is 11.8 Å². The number of carbonyl (C=O) groups is 2. The molecule has 2 aliphatic heterocycles. The summed E-state index contributed by atoms with van der Waals surface area (Å²) in [5.41, 5.74) is 1.06. The minimum absolute atomic E-state index is 0.0461. The SMILES string of the molecule is CC(C)[C@@H]1NC(=O)[C@@H](C)Cc2ccc(cc2)OCCCC[C@@H](CO)NC1=O. The van der Waals surface area contributed by atoms with E-state index in [0.29, 0.717) is 19.4 Å². The first kappa shape index (κ1) is 21.2. The lowest BCUT2D eigenvalue weighted by molar-refractivity contribution is -0.132. The van der Waals surface area contributed by atoms with E-state index in [1.807, 2.05) is 45.0 Å². The molecule has 0 aliphatic carbocycles. The molecule has 2 heterocycles. The van der Waals surface area contributed by atoms with Gasteiger partial charge in [0.25, 0.3) is 0 Å². The van der Waals surface area contributed by atoms with Gasteiger partial charge in [-0.25, -0.2) is 0 Å². The lowest BCUT2D eigenvalue weighted by atomic mass is 9.97. The number of rotatable bonds is 2. The van der Waals surface area contributed by atoms with E-state index in [0.717, 1.165) is 24.2 Å². The molecule has 3 N–H and O–H groups in total. The highest BCUT2D eigenvalue weighted by Gasteiger charge is 2.27. The minimum atomic E-state index is -0.615. The summed E-state index contributed by atoms with van der Waals surface area (Å²) in [4.78, 5) is 25.3. The Bertz CT molecular complexity index is 615. The average molecular weight is 376 g/mol. The number of carbonyl (C=O) groups excluding carboxylic acids is 2. The van der Waals surface area contributed by atoms with E-state index in [1.54, 1.807) is 0 Å². The highest BCUT2D eigenvalue weighted by atomic mass is 16.5. The van der Waals surface area contributed by atoms with Crippen molar-refractivity contribution >= 4 is 11.8 Å². The molecule has 0 radical (unpaired) electrons. The Balaban J connectivity index is 2.17. The summed E-state index contributed by atoms with van der Waals surface area (Å²) in [5, 5.41) is 15.3. The van der Waals surface area contributed by atoms with Crippen molar-refractivity contribution in [3.05, 3.63) is 29.8 Å². The molecule has 1 aromatic rings. The Labute approximate surface area is 161 Å². The van der Waals surface area contributed by atoms with Crippen LogP contribution in [0.25, 0.3) is 0 Å². The van der Waals surface area contributed by atoms with Gasteiger partial charge in [0, 0.05) is 5.92 Å². The fraction of sp³-hybridized carbons (Fsp3) is 0.619. The number of fused-ring (bicyclic) bond motifs is 14. The number of aliphatic hydroxyl groups excluding tert-OH is 1. The number of amides is 2. The van der Waals surface area contributed by atoms with Gasteiger partial charge in [0.1, 0.15) is 11.8 Å². The van der Waals surface area contributed by atoms with Crippen LogP contribution in [-0.4, -0.2) is 42.2 Å². The summed E-state index contributed by atoms with van der Waals surface area (Å²) in [7, 11) is 0. The van der Waals surface area contributed by atoms with Crippen LogP contribution in [0.4, 0.5) is 0 Å². The molecule has 2 aliphatic rings. The van der Waals surface area contributed by atoms with Gasteiger partial charge in [0.05, 0.1) is 19.3 Å². The Hall–Kier alpha value is -2.08. The monoisotopic (exact) mass is 376 g/mol. The van der Waals surface area contributed by atoms with Gasteiger partial charge >= 0.3 is 0 Å². The maximum atomic E-state index is 12.7. The van der Waals surface area contributed by atoms with Crippen molar-refractivity contribution in [2.24, 2.45) is 11.8 Å². The van der Waals surface area contributed by atoms with Gasteiger partial charge < -0.3 is 20.5 Å². The molecule has 150 valence electrons. The number of ether oxygens (including phenoxy) is 1. The van der Waals surface area contributed by atoms with Crippen molar-refractivity contribution in [3.8, 4) is 5.75 Å². The van der Waals surface area contributed by atoms with Gasteiger partial charge in [0.2, 0.25) is 11.8 Å². The molecule has 0 saturated carbocycles. The van der Waals surface area contributed by atoms with Gasteiger partial charge in [-0.1, -0.05) is 32.9 Å². The molecule has 6 heteroatoms. The molecular weight excluding hydrogens is 344 g/mol. The lowest BCUT2D eigenvalue weighted by Crippen LogP contribution is -2.53. The van der Waals surface area contributed by atoms with Crippen molar-refractivity contribution in [3.63, 3.8) is 0 Å². The van der Waals surface area contributed by atoms with Crippen molar-refractivity contribution in [1.29, 1.82) is 0 Å². The summed E-state index contributed by atoms with van der Waals surface area (Å²) in [5.74, 6) is 0.126. The Kier molecular flexibility index (Phi) is 8.10. The summed E-state index contributed by atoms with van der Waals surface area (Å²) in [6.45, 7) is 6.14. The Morgan fingerprint density at radius 1 is 1.11 bits per heavy atom. The minimum Gasteiger partial charge on any atom is -0.494 e. The van der Waals surface area contributed by atoms with Crippen LogP contribution >= 0.6 is 0 Å². The van der Waals surface area contributed by atoms with Crippen molar-refractivity contribution in [1.82, 2.24) is 10.6 Å². The van der Waals surface area contributed by atoms with E-state index in [1.165, 1.54) is 0 Å². The highest BCUT2D eigenvalue weighted by Crippen LogP contribution is 2.17. The first-order valence-electron chi connectivity index (χ1n) is 9.84. The second-order valence-electron chi connectivity index (χ2n) is 7.71. The third-order valence-electron chi connectivity index (χ3n) is 4.94. The average Bonchev–Trinajstić information content (AvgIpc) is 2.64. The molecule has 0 saturated heterocycles. The molecule has 3 rings (SSSR count). The van der Waals surface area contributed by atoms with E-state index >= 15 is 0 Å². The quantitative estimate of drug-likeness (QED) is 0.737. The normalized spacial score (nSPS) is 25.4. The molecule has 2 amide bonds. The van der Waals surface area contributed by atoms with E-state index in [9.17, 15) is 14.7 Å². The number of aliphatic hydroxyl groups is 1. The van der Waals surface area contributed by atoms with Crippen LogP contribution in [0.15, 0.2) is 24.3 Å². The van der Waals surface area contributed by atoms with Crippen molar-refractivity contribution in [2.75, 3.05) is 13.2 Å². The van der Waals surface area contributed by atoms with E-state index in [2.05, 4.69) is 10.6 Å². The van der Waals surface area contributed by atoms with Crippen LogP contribution < -0.4 is 15.4 Å². The largest absolute Gasteiger partial charge is 0.494 e. The molecule has 3 atom stereocenters. The number of hydrogen-bond acceptors (Lipinski definition) is 4. The first-order valence-corrected chi connectivity index (χ1v) is 9.84. The fourth-order valence-corrected chi connectivity index (χ4v) is 3.18. The second kappa shape index (κ2) is 10.3. The van der Waals surface area contributed by atoms with Gasteiger partial charge in [-0.3, -0.25) is 9.59 Å². The standard InChI is InChI=1S/C21H32N2O4/c1-14(2)19-21(26)22-17(13-24)6-4-5-11-27-18-9-7-16(8-10-18)12-15(3)20(25)23-19/h7-10,14-15,17,19,24H,4-6,11-13H2,1-3H3,(H,22,26)(H,23,25)/t15-,17-,19-/m0/s1. The topological polar surface area (TPSA) is 87.7 Å². The van der Waals surface area contributed by atoms with E-state index in [-0.39, 0.29) is 36.3 Å². The lowest BCUT2D eigenvalue weighted by Gasteiger charge is -2.26. The molecule has 0 unspecified atom stereocenters.